The zero-order chi connectivity index (χ0) is 11.4. The summed E-state index contributed by atoms with van der Waals surface area (Å²) < 4.78 is 0. The van der Waals surface area contributed by atoms with Crippen molar-refractivity contribution in [3.05, 3.63) is 18.3 Å². The van der Waals surface area contributed by atoms with Crippen LogP contribution < -0.4 is 10.6 Å². The number of anilines is 2. The van der Waals surface area contributed by atoms with Crippen molar-refractivity contribution in [2.45, 2.75) is 33.7 Å². The van der Waals surface area contributed by atoms with Crippen molar-refractivity contribution in [3.63, 3.8) is 0 Å². The van der Waals surface area contributed by atoms with Gasteiger partial charge in [0.2, 0.25) is 0 Å². The van der Waals surface area contributed by atoms with E-state index in [1.165, 1.54) is 0 Å². The summed E-state index contributed by atoms with van der Waals surface area (Å²) in [7, 11) is 0. The highest BCUT2D eigenvalue weighted by atomic mass is 15.2. The molecule has 84 valence electrons. The van der Waals surface area contributed by atoms with E-state index in [0.29, 0.717) is 17.8 Å². The maximum Gasteiger partial charge on any atom is 0.123 e. The molecule has 0 atom stereocenters. The van der Waals surface area contributed by atoms with Gasteiger partial charge in [-0.05, 0) is 31.9 Å². The lowest BCUT2D eigenvalue weighted by Gasteiger charge is -2.30. The van der Waals surface area contributed by atoms with E-state index < -0.39 is 0 Å². The highest BCUT2D eigenvalue weighted by molar-refractivity contribution is 5.48. The van der Waals surface area contributed by atoms with Crippen molar-refractivity contribution in [3.8, 4) is 0 Å². The van der Waals surface area contributed by atoms with Crippen LogP contribution in [0.1, 0.15) is 27.7 Å². The normalized spacial score (nSPS) is 11.1. The van der Waals surface area contributed by atoms with E-state index in [2.05, 4.69) is 37.6 Å². The number of nitrogens with two attached hydrogens (primary N) is 1. The molecule has 0 aromatic carbocycles. The molecule has 0 radical (unpaired) electrons. The third kappa shape index (κ3) is 3.42. The molecule has 3 nitrogen and oxygen atoms in total. The molecule has 0 unspecified atom stereocenters. The minimum Gasteiger partial charge on any atom is -0.384 e. The first kappa shape index (κ1) is 11.8. The Hall–Kier alpha value is -1.25. The van der Waals surface area contributed by atoms with Gasteiger partial charge in [-0.3, -0.25) is 0 Å². The number of nitrogen functional groups attached to an aromatic ring is 1. The second kappa shape index (κ2) is 5.01. The zero-order valence-electron chi connectivity index (χ0n) is 10.1. The molecule has 2 N–H and O–H groups in total. The number of hydrogen-bond acceptors (Lipinski definition) is 3. The summed E-state index contributed by atoms with van der Waals surface area (Å²) in [6, 6.07) is 4.37. The van der Waals surface area contributed by atoms with Crippen LogP contribution in [0.25, 0.3) is 0 Å². The molecular weight excluding hydrogens is 186 g/mol. The summed E-state index contributed by atoms with van der Waals surface area (Å²) >= 11 is 0. The van der Waals surface area contributed by atoms with Crippen molar-refractivity contribution in [1.82, 2.24) is 4.98 Å². The smallest absolute Gasteiger partial charge is 0.123 e. The molecule has 0 aliphatic heterocycles. The number of nitrogens with zero attached hydrogens (tertiary/aromatic N) is 2. The van der Waals surface area contributed by atoms with Gasteiger partial charge in [-0.25, -0.2) is 4.98 Å². The predicted octanol–water partition coefficient (Wildman–Crippen LogP) is 2.53. The van der Waals surface area contributed by atoms with E-state index in [9.17, 15) is 0 Å². The average Bonchev–Trinajstić information content (AvgIpc) is 2.15. The van der Waals surface area contributed by atoms with Gasteiger partial charge < -0.3 is 10.6 Å². The highest BCUT2D eigenvalue weighted by Crippen LogP contribution is 2.18. The van der Waals surface area contributed by atoms with Crippen LogP contribution in [0.4, 0.5) is 11.5 Å². The largest absolute Gasteiger partial charge is 0.384 e. The molecular formula is C12H21N3. The Morgan fingerprint density at radius 1 is 1.27 bits per heavy atom. The first-order valence-electron chi connectivity index (χ1n) is 5.49. The van der Waals surface area contributed by atoms with Crippen molar-refractivity contribution < 1.29 is 0 Å². The molecule has 0 spiro atoms. The molecule has 0 amide bonds. The van der Waals surface area contributed by atoms with E-state index in [-0.39, 0.29) is 0 Å². The van der Waals surface area contributed by atoms with Crippen LogP contribution in [0.2, 0.25) is 0 Å². The molecule has 0 aliphatic carbocycles. The van der Waals surface area contributed by atoms with Crippen LogP contribution in [0.5, 0.6) is 0 Å². The lowest BCUT2D eigenvalue weighted by atomic mass is 10.1. The molecule has 15 heavy (non-hydrogen) atoms. The van der Waals surface area contributed by atoms with Gasteiger partial charge in [0.15, 0.2) is 0 Å². The average molecular weight is 207 g/mol. The maximum absolute atomic E-state index is 5.57. The second-order valence-electron chi connectivity index (χ2n) is 4.58. The van der Waals surface area contributed by atoms with Crippen LogP contribution in [-0.4, -0.2) is 17.6 Å². The summed E-state index contributed by atoms with van der Waals surface area (Å²) in [5, 5.41) is 0. The van der Waals surface area contributed by atoms with Crippen LogP contribution >= 0.6 is 0 Å². The van der Waals surface area contributed by atoms with Crippen LogP contribution in [-0.2, 0) is 0 Å². The molecule has 1 aromatic heterocycles. The van der Waals surface area contributed by atoms with Gasteiger partial charge in [-0.15, -0.1) is 0 Å². The topological polar surface area (TPSA) is 42.1 Å². The maximum atomic E-state index is 5.57. The zero-order valence-corrected chi connectivity index (χ0v) is 10.1. The van der Waals surface area contributed by atoms with Gasteiger partial charge in [0, 0.05) is 12.6 Å². The first-order valence-corrected chi connectivity index (χ1v) is 5.49. The fourth-order valence-electron chi connectivity index (χ4n) is 1.58. The summed E-state index contributed by atoms with van der Waals surface area (Å²) in [6.07, 6.45) is 1.84. The number of rotatable bonds is 4. The Balaban J connectivity index is 2.84. The SMILES string of the molecule is CC(C)CN(c1ccc(N)nc1)C(C)C. The minimum atomic E-state index is 0.484. The molecule has 1 rings (SSSR count). The number of aromatic nitrogens is 1. The highest BCUT2D eigenvalue weighted by Gasteiger charge is 2.12. The quantitative estimate of drug-likeness (QED) is 0.825. The Morgan fingerprint density at radius 3 is 2.33 bits per heavy atom. The van der Waals surface area contributed by atoms with Crippen LogP contribution in [0, 0.1) is 5.92 Å². The Morgan fingerprint density at radius 2 is 1.93 bits per heavy atom. The van der Waals surface area contributed by atoms with Gasteiger partial charge in [0.05, 0.1) is 11.9 Å². The van der Waals surface area contributed by atoms with E-state index in [1.807, 2.05) is 18.3 Å². The van der Waals surface area contributed by atoms with Gasteiger partial charge in [-0.2, -0.15) is 0 Å². The van der Waals surface area contributed by atoms with Gasteiger partial charge in [0.1, 0.15) is 5.82 Å². The first-order chi connectivity index (χ1) is 7.00. The fraction of sp³-hybridized carbons (Fsp3) is 0.583. The van der Waals surface area contributed by atoms with Gasteiger partial charge >= 0.3 is 0 Å². The van der Waals surface area contributed by atoms with Crippen molar-refractivity contribution >= 4 is 11.5 Å². The van der Waals surface area contributed by atoms with Crippen molar-refractivity contribution in [1.29, 1.82) is 0 Å². The van der Waals surface area contributed by atoms with E-state index in [1.54, 1.807) is 0 Å². The predicted molar refractivity (Wildman–Crippen MR) is 66.0 cm³/mol. The lowest BCUT2D eigenvalue weighted by Crippen LogP contribution is -2.34. The van der Waals surface area contributed by atoms with Gasteiger partial charge in [0.25, 0.3) is 0 Å². The number of pyridine rings is 1. The van der Waals surface area contributed by atoms with E-state index in [4.69, 9.17) is 5.73 Å². The van der Waals surface area contributed by atoms with Crippen molar-refractivity contribution in [2.24, 2.45) is 5.92 Å². The Bertz CT molecular complexity index is 290. The van der Waals surface area contributed by atoms with Crippen LogP contribution in [0.3, 0.4) is 0 Å². The summed E-state index contributed by atoms with van der Waals surface area (Å²) in [6.45, 7) is 9.88. The molecule has 0 saturated heterocycles. The number of hydrogen-bond donors (Lipinski definition) is 1. The fourth-order valence-corrected chi connectivity index (χ4v) is 1.58. The molecule has 0 fully saturated rings. The molecule has 0 aliphatic rings. The standard InChI is InChI=1S/C12H21N3/c1-9(2)8-15(10(3)4)11-5-6-12(13)14-7-11/h5-7,9-10H,8H2,1-4H3,(H2,13,14). The van der Waals surface area contributed by atoms with Crippen LogP contribution in [0.15, 0.2) is 18.3 Å². The lowest BCUT2D eigenvalue weighted by molar-refractivity contribution is 0.570. The molecule has 1 heterocycles. The Labute approximate surface area is 92.3 Å². The molecule has 3 heteroatoms. The second-order valence-corrected chi connectivity index (χ2v) is 4.58. The monoisotopic (exact) mass is 207 g/mol. The minimum absolute atomic E-state index is 0.484. The summed E-state index contributed by atoms with van der Waals surface area (Å²) in [5.41, 5.74) is 6.72. The van der Waals surface area contributed by atoms with Crippen molar-refractivity contribution in [2.75, 3.05) is 17.2 Å². The third-order valence-corrected chi connectivity index (χ3v) is 2.29. The van der Waals surface area contributed by atoms with E-state index in [0.717, 1.165) is 12.2 Å². The molecule has 0 saturated carbocycles. The van der Waals surface area contributed by atoms with E-state index >= 15 is 0 Å². The summed E-state index contributed by atoms with van der Waals surface area (Å²) in [5.74, 6) is 1.22. The third-order valence-electron chi connectivity index (χ3n) is 2.29. The summed E-state index contributed by atoms with van der Waals surface area (Å²) in [4.78, 5) is 6.47. The molecule has 1 aromatic rings. The molecule has 0 bridgehead atoms. The van der Waals surface area contributed by atoms with Gasteiger partial charge in [-0.1, -0.05) is 13.8 Å². The Kier molecular flexibility index (Phi) is 3.95.